The summed E-state index contributed by atoms with van der Waals surface area (Å²) >= 11 is 0. The lowest BCUT2D eigenvalue weighted by Gasteiger charge is -2.36. The van der Waals surface area contributed by atoms with Gasteiger partial charge >= 0.3 is 0 Å². The molecular weight excluding hydrogens is 354 g/mol. The van der Waals surface area contributed by atoms with Crippen LogP contribution in [0.2, 0.25) is 0 Å². The summed E-state index contributed by atoms with van der Waals surface area (Å²) < 4.78 is 16.0. The van der Waals surface area contributed by atoms with Gasteiger partial charge in [-0.3, -0.25) is 4.79 Å². The monoisotopic (exact) mass is 383 g/mol. The normalized spacial score (nSPS) is 15.8. The van der Waals surface area contributed by atoms with E-state index in [-0.39, 0.29) is 5.91 Å². The maximum Gasteiger partial charge on any atom is 0.226 e. The van der Waals surface area contributed by atoms with Crippen molar-refractivity contribution < 1.29 is 19.0 Å². The number of para-hydroxylation sites is 1. The summed E-state index contributed by atoms with van der Waals surface area (Å²) in [6, 6.07) is 16.4. The van der Waals surface area contributed by atoms with Gasteiger partial charge < -0.3 is 19.5 Å². The minimum atomic E-state index is -0.419. The molecule has 1 fully saturated rings. The fourth-order valence-corrected chi connectivity index (χ4v) is 3.78. The van der Waals surface area contributed by atoms with Crippen LogP contribution in [0.25, 0.3) is 11.1 Å². The van der Waals surface area contributed by atoms with Crippen molar-refractivity contribution in [1.82, 2.24) is 5.32 Å². The van der Waals surface area contributed by atoms with Crippen LogP contribution >= 0.6 is 0 Å². The van der Waals surface area contributed by atoms with Crippen LogP contribution in [0.15, 0.2) is 48.5 Å². The quantitative estimate of drug-likeness (QED) is 0.709. The molecule has 5 nitrogen and oxygen atoms in total. The number of carbonyl (C=O) groups excluding carboxylic acids is 1. The fraction of sp³-hybridized carbons (Fsp3) is 0.435. The Labute approximate surface area is 167 Å². The zero-order chi connectivity index (χ0) is 19.8. The molecule has 2 aromatic carbocycles. The SMILES string of the molecule is COCCNC(=O)C1(Cc2ccc(-c3ccccc3OC)cc2)CCOCC1. The molecule has 0 unspecified atom stereocenters. The first kappa shape index (κ1) is 20.4. The van der Waals surface area contributed by atoms with Crippen molar-refractivity contribution in [1.29, 1.82) is 0 Å². The van der Waals surface area contributed by atoms with Gasteiger partial charge in [-0.15, -0.1) is 0 Å². The molecule has 1 aliphatic heterocycles. The van der Waals surface area contributed by atoms with E-state index in [9.17, 15) is 4.79 Å². The van der Waals surface area contributed by atoms with E-state index in [4.69, 9.17) is 14.2 Å². The topological polar surface area (TPSA) is 56.8 Å². The van der Waals surface area contributed by atoms with Gasteiger partial charge in [0.25, 0.3) is 0 Å². The van der Waals surface area contributed by atoms with Gasteiger partial charge in [-0.2, -0.15) is 0 Å². The molecule has 1 heterocycles. The van der Waals surface area contributed by atoms with E-state index in [2.05, 4.69) is 35.6 Å². The number of hydrogen-bond acceptors (Lipinski definition) is 4. The number of methoxy groups -OCH3 is 2. The van der Waals surface area contributed by atoms with Crippen LogP contribution in [0.1, 0.15) is 18.4 Å². The Morgan fingerprint density at radius 2 is 1.79 bits per heavy atom. The first-order chi connectivity index (χ1) is 13.7. The van der Waals surface area contributed by atoms with Crippen molar-refractivity contribution >= 4 is 5.91 Å². The number of carbonyl (C=O) groups is 1. The van der Waals surface area contributed by atoms with E-state index in [1.807, 2.05) is 18.2 Å². The van der Waals surface area contributed by atoms with Crippen LogP contribution in [-0.4, -0.2) is 46.5 Å². The minimum Gasteiger partial charge on any atom is -0.496 e. The Hall–Kier alpha value is -2.37. The number of ether oxygens (including phenoxy) is 3. The average Bonchev–Trinajstić information content (AvgIpc) is 2.75. The molecule has 2 aromatic rings. The number of amides is 1. The Morgan fingerprint density at radius 3 is 2.46 bits per heavy atom. The van der Waals surface area contributed by atoms with Gasteiger partial charge in [0.05, 0.1) is 19.1 Å². The molecule has 1 aliphatic rings. The number of nitrogens with one attached hydrogen (secondary N) is 1. The van der Waals surface area contributed by atoms with Gasteiger partial charge in [0.1, 0.15) is 5.75 Å². The van der Waals surface area contributed by atoms with E-state index in [0.29, 0.717) is 32.8 Å². The zero-order valence-electron chi connectivity index (χ0n) is 16.7. The highest BCUT2D eigenvalue weighted by Crippen LogP contribution is 2.36. The minimum absolute atomic E-state index is 0.0988. The van der Waals surface area contributed by atoms with Gasteiger partial charge in [0.15, 0.2) is 0 Å². The molecule has 0 aliphatic carbocycles. The third-order valence-electron chi connectivity index (χ3n) is 5.44. The predicted molar refractivity (Wildman–Crippen MR) is 110 cm³/mol. The molecule has 5 heteroatoms. The smallest absolute Gasteiger partial charge is 0.226 e. The summed E-state index contributed by atoms with van der Waals surface area (Å²) in [4.78, 5) is 12.9. The van der Waals surface area contributed by atoms with Crippen molar-refractivity contribution in [2.75, 3.05) is 40.6 Å². The third kappa shape index (κ3) is 4.72. The Balaban J connectivity index is 1.77. The molecule has 28 heavy (non-hydrogen) atoms. The highest BCUT2D eigenvalue weighted by Gasteiger charge is 2.39. The second kappa shape index (κ2) is 9.71. The van der Waals surface area contributed by atoms with Crippen molar-refractivity contribution in [3.63, 3.8) is 0 Å². The molecule has 1 saturated heterocycles. The second-order valence-corrected chi connectivity index (χ2v) is 7.22. The Morgan fingerprint density at radius 1 is 1.07 bits per heavy atom. The van der Waals surface area contributed by atoms with E-state index in [1.54, 1.807) is 14.2 Å². The average molecular weight is 383 g/mol. The predicted octanol–water partition coefficient (Wildman–Crippen LogP) is 3.46. The van der Waals surface area contributed by atoms with Crippen LogP contribution in [0.4, 0.5) is 0 Å². The van der Waals surface area contributed by atoms with Crippen LogP contribution in [-0.2, 0) is 20.7 Å². The highest BCUT2D eigenvalue weighted by molar-refractivity contribution is 5.83. The van der Waals surface area contributed by atoms with E-state index in [0.717, 1.165) is 35.3 Å². The molecule has 3 rings (SSSR count). The molecule has 0 atom stereocenters. The lowest BCUT2D eigenvalue weighted by molar-refractivity contribution is -0.136. The number of hydrogen-bond donors (Lipinski definition) is 1. The molecule has 0 saturated carbocycles. The van der Waals surface area contributed by atoms with Crippen LogP contribution < -0.4 is 10.1 Å². The van der Waals surface area contributed by atoms with Crippen molar-refractivity contribution in [2.45, 2.75) is 19.3 Å². The summed E-state index contributed by atoms with van der Waals surface area (Å²) in [5.74, 6) is 0.954. The summed E-state index contributed by atoms with van der Waals surface area (Å²) in [6.45, 7) is 2.30. The Kier molecular flexibility index (Phi) is 7.06. The van der Waals surface area contributed by atoms with Crippen LogP contribution in [0.5, 0.6) is 5.75 Å². The third-order valence-corrected chi connectivity index (χ3v) is 5.44. The first-order valence-corrected chi connectivity index (χ1v) is 9.76. The molecule has 150 valence electrons. The summed E-state index contributed by atoms with van der Waals surface area (Å²) in [5, 5.41) is 3.03. The van der Waals surface area contributed by atoms with Crippen molar-refractivity contribution in [3.8, 4) is 16.9 Å². The van der Waals surface area contributed by atoms with Gasteiger partial charge in [-0.1, -0.05) is 42.5 Å². The molecule has 0 aromatic heterocycles. The molecule has 1 N–H and O–H groups in total. The van der Waals surface area contributed by atoms with E-state index < -0.39 is 5.41 Å². The van der Waals surface area contributed by atoms with Gasteiger partial charge in [-0.25, -0.2) is 0 Å². The maximum atomic E-state index is 12.9. The zero-order valence-corrected chi connectivity index (χ0v) is 16.7. The molecule has 0 radical (unpaired) electrons. The summed E-state index contributed by atoms with van der Waals surface area (Å²) in [5.41, 5.74) is 2.90. The fourth-order valence-electron chi connectivity index (χ4n) is 3.78. The number of benzene rings is 2. The van der Waals surface area contributed by atoms with Crippen molar-refractivity contribution in [2.24, 2.45) is 5.41 Å². The molecule has 0 bridgehead atoms. The number of rotatable bonds is 8. The van der Waals surface area contributed by atoms with Crippen LogP contribution in [0, 0.1) is 5.41 Å². The summed E-state index contributed by atoms with van der Waals surface area (Å²) in [7, 11) is 3.32. The molecule has 0 spiro atoms. The lowest BCUT2D eigenvalue weighted by atomic mass is 9.74. The van der Waals surface area contributed by atoms with Crippen LogP contribution in [0.3, 0.4) is 0 Å². The largest absolute Gasteiger partial charge is 0.496 e. The second-order valence-electron chi connectivity index (χ2n) is 7.22. The Bertz CT molecular complexity index is 766. The van der Waals surface area contributed by atoms with Gasteiger partial charge in [0, 0.05) is 32.4 Å². The standard InChI is InChI=1S/C23H29NO4/c1-26-16-13-24-22(25)23(11-14-28-15-12-23)17-18-7-9-19(10-8-18)20-5-3-4-6-21(20)27-2/h3-10H,11-17H2,1-2H3,(H,24,25). The summed E-state index contributed by atoms with van der Waals surface area (Å²) in [6.07, 6.45) is 2.18. The molecular formula is C23H29NO4. The lowest BCUT2D eigenvalue weighted by Crippen LogP contribution is -2.46. The highest BCUT2D eigenvalue weighted by atomic mass is 16.5. The first-order valence-electron chi connectivity index (χ1n) is 9.76. The van der Waals surface area contributed by atoms with Gasteiger partial charge in [-0.05, 0) is 36.5 Å². The van der Waals surface area contributed by atoms with Gasteiger partial charge in [0.2, 0.25) is 5.91 Å². The van der Waals surface area contributed by atoms with Crippen molar-refractivity contribution in [3.05, 3.63) is 54.1 Å². The maximum absolute atomic E-state index is 12.9. The van der Waals surface area contributed by atoms with E-state index >= 15 is 0 Å². The van der Waals surface area contributed by atoms with E-state index in [1.165, 1.54) is 0 Å². The molecule has 1 amide bonds.